The van der Waals surface area contributed by atoms with E-state index < -0.39 is 0 Å². The van der Waals surface area contributed by atoms with E-state index in [2.05, 4.69) is 119 Å². The van der Waals surface area contributed by atoms with Crippen LogP contribution in [-0.2, 0) is 0 Å². The Morgan fingerprint density at radius 3 is 1.78 bits per heavy atom. The molecule has 1 saturated heterocycles. The summed E-state index contributed by atoms with van der Waals surface area (Å²) >= 11 is 1.66. The summed E-state index contributed by atoms with van der Waals surface area (Å²) in [5.41, 5.74) is 5.54. The van der Waals surface area contributed by atoms with E-state index in [4.69, 9.17) is 9.98 Å². The first-order valence-electron chi connectivity index (χ1n) is 12.7. The SMILES string of the molecule is c1ccc(/C(=N/c2sc(-c3ccccc3)nc2-c2ccccc2)N2CCN(c3ccccc3)CC2)cc1. The van der Waals surface area contributed by atoms with Gasteiger partial charge < -0.3 is 9.80 Å². The fourth-order valence-corrected chi connectivity index (χ4v) is 5.66. The Bertz CT molecular complexity index is 1460. The summed E-state index contributed by atoms with van der Waals surface area (Å²) < 4.78 is 0. The number of para-hydroxylation sites is 1. The van der Waals surface area contributed by atoms with Crippen molar-refractivity contribution in [1.82, 2.24) is 9.88 Å². The lowest BCUT2D eigenvalue weighted by atomic mass is 10.1. The predicted octanol–water partition coefficient (Wildman–Crippen LogP) is 7.38. The average Bonchev–Trinajstić information content (AvgIpc) is 3.42. The first-order chi connectivity index (χ1) is 18.3. The highest BCUT2D eigenvalue weighted by Crippen LogP contribution is 2.40. The molecule has 0 radical (unpaired) electrons. The predicted molar refractivity (Wildman–Crippen MR) is 156 cm³/mol. The number of aliphatic imine (C=N–C) groups is 1. The minimum atomic E-state index is 0.910. The van der Waals surface area contributed by atoms with Crippen molar-refractivity contribution in [3.63, 3.8) is 0 Å². The molecule has 37 heavy (non-hydrogen) atoms. The first kappa shape index (κ1) is 23.2. The maximum atomic E-state index is 5.35. The van der Waals surface area contributed by atoms with E-state index in [1.165, 1.54) is 5.69 Å². The van der Waals surface area contributed by atoms with Crippen molar-refractivity contribution in [3.8, 4) is 21.8 Å². The standard InChI is InChI=1S/C32H28N4S/c1-5-13-25(14-6-1)29-32(37-31(33-29)27-17-9-3-10-18-27)34-30(26-15-7-2-8-16-26)36-23-21-35(22-24-36)28-19-11-4-12-20-28/h1-20H,21-24H2/b34-30-. The molecule has 1 fully saturated rings. The number of thiazole rings is 1. The molecule has 182 valence electrons. The molecule has 0 unspecified atom stereocenters. The van der Waals surface area contributed by atoms with Gasteiger partial charge in [0.25, 0.3) is 0 Å². The molecule has 1 aliphatic heterocycles. The highest BCUT2D eigenvalue weighted by Gasteiger charge is 2.23. The quantitative estimate of drug-likeness (QED) is 0.186. The van der Waals surface area contributed by atoms with Gasteiger partial charge in [0.2, 0.25) is 0 Å². The lowest BCUT2D eigenvalue weighted by Gasteiger charge is -2.37. The van der Waals surface area contributed by atoms with E-state index in [0.717, 1.165) is 64.4 Å². The van der Waals surface area contributed by atoms with Crippen molar-refractivity contribution in [3.05, 3.63) is 127 Å². The molecule has 5 heteroatoms. The molecule has 0 bridgehead atoms. The molecule has 0 spiro atoms. The molecule has 0 aliphatic carbocycles. The number of aromatic nitrogens is 1. The van der Waals surface area contributed by atoms with Crippen molar-refractivity contribution in [1.29, 1.82) is 0 Å². The number of hydrogen-bond acceptors (Lipinski definition) is 4. The zero-order valence-electron chi connectivity index (χ0n) is 20.6. The minimum absolute atomic E-state index is 0.910. The number of anilines is 1. The highest BCUT2D eigenvalue weighted by molar-refractivity contribution is 7.19. The van der Waals surface area contributed by atoms with E-state index >= 15 is 0 Å². The van der Waals surface area contributed by atoms with Crippen molar-refractivity contribution in [2.75, 3.05) is 31.1 Å². The number of amidine groups is 1. The Morgan fingerprint density at radius 2 is 1.16 bits per heavy atom. The van der Waals surface area contributed by atoms with E-state index in [1.807, 2.05) is 12.1 Å². The van der Waals surface area contributed by atoms with Gasteiger partial charge in [-0.1, -0.05) is 121 Å². The third-order valence-corrected chi connectivity index (χ3v) is 7.62. The van der Waals surface area contributed by atoms with Gasteiger partial charge in [-0.05, 0) is 12.1 Å². The van der Waals surface area contributed by atoms with Gasteiger partial charge in [0, 0.05) is 48.6 Å². The summed E-state index contributed by atoms with van der Waals surface area (Å²) in [6.07, 6.45) is 0. The lowest BCUT2D eigenvalue weighted by molar-refractivity contribution is 0.386. The van der Waals surface area contributed by atoms with Crippen LogP contribution in [0.1, 0.15) is 5.56 Å². The van der Waals surface area contributed by atoms with Crippen LogP contribution in [0.4, 0.5) is 10.7 Å². The van der Waals surface area contributed by atoms with Crippen LogP contribution in [0.2, 0.25) is 0 Å². The fraction of sp³-hybridized carbons (Fsp3) is 0.125. The Labute approximate surface area is 222 Å². The highest BCUT2D eigenvalue weighted by atomic mass is 32.1. The lowest BCUT2D eigenvalue weighted by Crippen LogP contribution is -2.49. The van der Waals surface area contributed by atoms with Crippen molar-refractivity contribution in [2.45, 2.75) is 0 Å². The van der Waals surface area contributed by atoms with Crippen LogP contribution in [0.5, 0.6) is 0 Å². The van der Waals surface area contributed by atoms with Crippen LogP contribution in [0.3, 0.4) is 0 Å². The van der Waals surface area contributed by atoms with Gasteiger partial charge in [0.1, 0.15) is 21.5 Å². The minimum Gasteiger partial charge on any atom is -0.368 e. The van der Waals surface area contributed by atoms with Gasteiger partial charge in [-0.25, -0.2) is 9.98 Å². The molecule has 0 N–H and O–H groups in total. The summed E-state index contributed by atoms with van der Waals surface area (Å²) in [6, 6.07) is 42.0. The smallest absolute Gasteiger partial charge is 0.146 e. The Morgan fingerprint density at radius 1 is 0.622 bits per heavy atom. The molecule has 0 saturated carbocycles. The van der Waals surface area contributed by atoms with Crippen LogP contribution in [0.25, 0.3) is 21.8 Å². The molecule has 5 aromatic rings. The fourth-order valence-electron chi connectivity index (χ4n) is 4.69. The van der Waals surface area contributed by atoms with Gasteiger partial charge >= 0.3 is 0 Å². The van der Waals surface area contributed by atoms with E-state index in [1.54, 1.807) is 11.3 Å². The van der Waals surface area contributed by atoms with Crippen LogP contribution in [0.15, 0.2) is 126 Å². The Kier molecular flexibility index (Phi) is 6.78. The Balaban J connectivity index is 1.40. The van der Waals surface area contributed by atoms with Crippen molar-refractivity contribution >= 4 is 27.9 Å². The van der Waals surface area contributed by atoms with Crippen LogP contribution >= 0.6 is 11.3 Å². The second kappa shape index (κ2) is 10.8. The van der Waals surface area contributed by atoms with Crippen LogP contribution in [0, 0.1) is 0 Å². The number of nitrogens with zero attached hydrogens (tertiary/aromatic N) is 4. The maximum Gasteiger partial charge on any atom is 0.146 e. The van der Waals surface area contributed by atoms with Crippen molar-refractivity contribution < 1.29 is 0 Å². The second-order valence-electron chi connectivity index (χ2n) is 9.02. The molecule has 0 atom stereocenters. The summed E-state index contributed by atoms with van der Waals surface area (Å²) in [5, 5.41) is 1.92. The monoisotopic (exact) mass is 500 g/mol. The molecule has 0 amide bonds. The molecule has 1 aromatic heterocycles. The van der Waals surface area contributed by atoms with Gasteiger partial charge in [-0.2, -0.15) is 0 Å². The number of piperazine rings is 1. The van der Waals surface area contributed by atoms with Gasteiger partial charge in [-0.15, -0.1) is 0 Å². The molecule has 2 heterocycles. The third kappa shape index (κ3) is 5.18. The molecule has 4 aromatic carbocycles. The van der Waals surface area contributed by atoms with Gasteiger partial charge in [0.15, 0.2) is 0 Å². The number of hydrogen-bond donors (Lipinski definition) is 0. The van der Waals surface area contributed by atoms with Crippen molar-refractivity contribution in [2.24, 2.45) is 4.99 Å². The molecule has 6 rings (SSSR count). The van der Waals surface area contributed by atoms with E-state index in [0.29, 0.717) is 0 Å². The first-order valence-corrected chi connectivity index (χ1v) is 13.5. The molecule has 4 nitrogen and oxygen atoms in total. The second-order valence-corrected chi connectivity index (χ2v) is 9.99. The number of benzene rings is 4. The van der Waals surface area contributed by atoms with Crippen LogP contribution < -0.4 is 4.90 Å². The largest absolute Gasteiger partial charge is 0.368 e. The molecular formula is C32H28N4S. The maximum absolute atomic E-state index is 5.35. The zero-order chi connectivity index (χ0) is 24.9. The van der Waals surface area contributed by atoms with E-state index in [-0.39, 0.29) is 0 Å². The molecule has 1 aliphatic rings. The zero-order valence-corrected chi connectivity index (χ0v) is 21.4. The summed E-state index contributed by atoms with van der Waals surface area (Å²) in [6.45, 7) is 3.74. The Hall–Kier alpha value is -4.22. The topological polar surface area (TPSA) is 31.7 Å². The average molecular weight is 501 g/mol. The van der Waals surface area contributed by atoms with E-state index in [9.17, 15) is 0 Å². The normalized spacial score (nSPS) is 14.1. The summed E-state index contributed by atoms with van der Waals surface area (Å²) in [7, 11) is 0. The number of rotatable bonds is 5. The summed E-state index contributed by atoms with van der Waals surface area (Å²) in [4.78, 5) is 15.3. The molecular weight excluding hydrogens is 472 g/mol. The van der Waals surface area contributed by atoms with Gasteiger partial charge in [-0.3, -0.25) is 0 Å². The third-order valence-electron chi connectivity index (χ3n) is 6.62. The summed E-state index contributed by atoms with van der Waals surface area (Å²) in [5.74, 6) is 1.01. The van der Waals surface area contributed by atoms with Gasteiger partial charge in [0.05, 0.1) is 0 Å². The van der Waals surface area contributed by atoms with Crippen LogP contribution in [-0.4, -0.2) is 41.9 Å².